The molecule has 7 heteroatoms. The Morgan fingerprint density at radius 1 is 1.40 bits per heavy atom. The van der Waals surface area contributed by atoms with Crippen molar-refractivity contribution in [1.29, 1.82) is 0 Å². The molecular weight excluding hydrogens is 280 g/mol. The van der Waals surface area contributed by atoms with Crippen LogP contribution in [0.5, 0.6) is 0 Å². The normalized spacial score (nSPS) is 18.6. The zero-order chi connectivity index (χ0) is 14.5. The van der Waals surface area contributed by atoms with Gasteiger partial charge in [0, 0.05) is 11.3 Å². The molecule has 1 aromatic carbocycles. The lowest BCUT2D eigenvalue weighted by Gasteiger charge is -2.21. The van der Waals surface area contributed by atoms with Crippen LogP contribution in [0.25, 0.3) is 0 Å². The number of rotatable bonds is 4. The minimum Gasteiger partial charge on any atom is -0.465 e. The summed E-state index contributed by atoms with van der Waals surface area (Å²) in [5.41, 5.74) is 0.430. The van der Waals surface area contributed by atoms with Crippen molar-refractivity contribution in [3.63, 3.8) is 0 Å². The van der Waals surface area contributed by atoms with Crippen molar-refractivity contribution < 1.29 is 19.1 Å². The van der Waals surface area contributed by atoms with Crippen molar-refractivity contribution in [3.05, 3.63) is 29.8 Å². The van der Waals surface area contributed by atoms with Crippen LogP contribution in [0.4, 0.5) is 0 Å². The van der Waals surface area contributed by atoms with Gasteiger partial charge in [-0.15, -0.1) is 0 Å². The minimum atomic E-state index is -0.455. The fourth-order valence-electron chi connectivity index (χ4n) is 1.77. The Morgan fingerprint density at radius 3 is 2.85 bits per heavy atom. The van der Waals surface area contributed by atoms with Crippen LogP contribution in [0, 0.1) is 0 Å². The summed E-state index contributed by atoms with van der Waals surface area (Å²) in [6, 6.07) is 6.49. The van der Waals surface area contributed by atoms with Crippen LogP contribution in [-0.4, -0.2) is 30.9 Å². The summed E-state index contributed by atoms with van der Waals surface area (Å²) in [6.45, 7) is 0. The van der Waals surface area contributed by atoms with Gasteiger partial charge in [-0.25, -0.2) is 9.52 Å². The average Bonchev–Trinajstić information content (AvgIpc) is 2.46. The highest BCUT2D eigenvalue weighted by molar-refractivity contribution is 7.97. The van der Waals surface area contributed by atoms with Gasteiger partial charge >= 0.3 is 5.97 Å². The van der Waals surface area contributed by atoms with E-state index in [0.717, 1.165) is 0 Å². The second-order valence-electron chi connectivity index (χ2n) is 4.21. The van der Waals surface area contributed by atoms with Crippen LogP contribution in [0.3, 0.4) is 0 Å². The number of carbonyl (C=O) groups excluding carboxylic acids is 3. The molecule has 0 saturated carbocycles. The van der Waals surface area contributed by atoms with Crippen LogP contribution >= 0.6 is 11.9 Å². The molecule has 1 aliphatic heterocycles. The minimum absolute atomic E-state index is 0.256. The highest BCUT2D eigenvalue weighted by Crippen LogP contribution is 2.22. The molecule has 1 atom stereocenters. The van der Waals surface area contributed by atoms with Gasteiger partial charge in [-0.05, 0) is 30.5 Å². The molecule has 20 heavy (non-hydrogen) atoms. The summed E-state index contributed by atoms with van der Waals surface area (Å²) in [6.07, 6.45) is 0.751. The van der Waals surface area contributed by atoms with Crippen molar-refractivity contribution in [1.82, 2.24) is 10.0 Å². The van der Waals surface area contributed by atoms with Crippen LogP contribution in [0.15, 0.2) is 29.2 Å². The van der Waals surface area contributed by atoms with Crippen molar-refractivity contribution in [2.75, 3.05) is 7.11 Å². The van der Waals surface area contributed by atoms with Gasteiger partial charge in [0.2, 0.25) is 11.8 Å². The molecule has 2 N–H and O–H groups in total. The first-order chi connectivity index (χ1) is 9.61. The largest absolute Gasteiger partial charge is 0.465 e. The zero-order valence-electron chi connectivity index (χ0n) is 10.8. The Morgan fingerprint density at radius 2 is 2.15 bits per heavy atom. The first-order valence-electron chi connectivity index (χ1n) is 6.05. The Hall–Kier alpha value is -1.86. The lowest BCUT2D eigenvalue weighted by atomic mass is 10.1. The predicted molar refractivity (Wildman–Crippen MR) is 72.9 cm³/mol. The van der Waals surface area contributed by atoms with Gasteiger partial charge in [-0.3, -0.25) is 14.9 Å². The predicted octanol–water partition coefficient (Wildman–Crippen LogP) is 0.875. The number of nitrogens with one attached hydrogen (secondary N) is 2. The molecule has 0 aliphatic carbocycles. The molecule has 1 saturated heterocycles. The van der Waals surface area contributed by atoms with E-state index in [0.29, 0.717) is 23.3 Å². The standard InChI is InChI=1S/C13H14N2O4S/c1-19-13(18)8-4-2-3-5-10(8)20-15-9-6-7-11(16)14-12(9)17/h2-5,9,15H,6-7H2,1H3,(H,14,16,17). The van der Waals surface area contributed by atoms with Gasteiger partial charge in [0.05, 0.1) is 18.7 Å². The number of esters is 1. The SMILES string of the molecule is COC(=O)c1ccccc1SNC1CCC(=O)NC1=O. The summed E-state index contributed by atoms with van der Waals surface area (Å²) in [5.74, 6) is -1.03. The topological polar surface area (TPSA) is 84.5 Å². The number of hydrogen-bond acceptors (Lipinski definition) is 6. The highest BCUT2D eigenvalue weighted by Gasteiger charge is 2.26. The molecular formula is C13H14N2O4S. The van der Waals surface area contributed by atoms with Crippen molar-refractivity contribution >= 4 is 29.7 Å². The summed E-state index contributed by atoms with van der Waals surface area (Å²) in [4.78, 5) is 34.9. The average molecular weight is 294 g/mol. The van der Waals surface area contributed by atoms with Crippen molar-refractivity contribution in [2.24, 2.45) is 0 Å². The summed E-state index contributed by atoms with van der Waals surface area (Å²) >= 11 is 1.18. The van der Waals surface area contributed by atoms with Crippen molar-refractivity contribution in [3.8, 4) is 0 Å². The van der Waals surface area contributed by atoms with Gasteiger partial charge in [0.25, 0.3) is 0 Å². The lowest BCUT2D eigenvalue weighted by molar-refractivity contribution is -0.134. The fourth-order valence-corrected chi connectivity index (χ4v) is 2.68. The lowest BCUT2D eigenvalue weighted by Crippen LogP contribution is -2.48. The van der Waals surface area contributed by atoms with E-state index in [4.69, 9.17) is 4.74 Å². The third-order valence-corrected chi connectivity index (χ3v) is 3.82. The molecule has 2 rings (SSSR count). The van der Waals surface area contributed by atoms with E-state index in [1.165, 1.54) is 19.1 Å². The first kappa shape index (κ1) is 14.5. The third-order valence-electron chi connectivity index (χ3n) is 2.84. The van der Waals surface area contributed by atoms with Gasteiger partial charge < -0.3 is 4.74 Å². The molecule has 0 aromatic heterocycles. The number of amides is 2. The number of hydrogen-bond donors (Lipinski definition) is 2. The molecule has 1 aliphatic rings. The van der Waals surface area contributed by atoms with Gasteiger partial charge in [0.1, 0.15) is 0 Å². The highest BCUT2D eigenvalue weighted by atomic mass is 32.2. The number of benzene rings is 1. The second-order valence-corrected chi connectivity index (χ2v) is 5.09. The number of imide groups is 1. The molecule has 1 heterocycles. The van der Waals surface area contributed by atoms with Crippen LogP contribution < -0.4 is 10.0 Å². The smallest absolute Gasteiger partial charge is 0.339 e. The molecule has 106 valence electrons. The van der Waals surface area contributed by atoms with E-state index < -0.39 is 12.0 Å². The maximum atomic E-state index is 11.6. The number of ether oxygens (including phenoxy) is 1. The van der Waals surface area contributed by atoms with E-state index in [1.807, 2.05) is 0 Å². The van der Waals surface area contributed by atoms with Gasteiger partial charge in [-0.1, -0.05) is 12.1 Å². The quantitative estimate of drug-likeness (QED) is 0.487. The van der Waals surface area contributed by atoms with Crippen molar-refractivity contribution in [2.45, 2.75) is 23.8 Å². The number of methoxy groups -OCH3 is 1. The summed E-state index contributed by atoms with van der Waals surface area (Å²) in [7, 11) is 1.32. The molecule has 1 aromatic rings. The number of carbonyl (C=O) groups is 3. The van der Waals surface area contributed by atoms with E-state index >= 15 is 0 Å². The second kappa shape index (κ2) is 6.53. The molecule has 0 bridgehead atoms. The molecule has 1 fully saturated rings. The molecule has 0 spiro atoms. The number of piperidine rings is 1. The Balaban J connectivity index is 2.02. The third kappa shape index (κ3) is 3.37. The summed E-state index contributed by atoms with van der Waals surface area (Å²) < 4.78 is 7.67. The molecule has 0 radical (unpaired) electrons. The summed E-state index contributed by atoms with van der Waals surface area (Å²) in [5, 5.41) is 2.27. The first-order valence-corrected chi connectivity index (χ1v) is 6.87. The van der Waals surface area contributed by atoms with E-state index in [-0.39, 0.29) is 11.8 Å². The van der Waals surface area contributed by atoms with Gasteiger partial charge in [-0.2, -0.15) is 0 Å². The zero-order valence-corrected chi connectivity index (χ0v) is 11.7. The monoisotopic (exact) mass is 294 g/mol. The molecule has 6 nitrogen and oxygen atoms in total. The Labute approximate surface area is 120 Å². The molecule has 1 unspecified atom stereocenters. The molecule has 2 amide bonds. The fraction of sp³-hybridized carbons (Fsp3) is 0.308. The van der Waals surface area contributed by atoms with E-state index in [1.54, 1.807) is 24.3 Å². The van der Waals surface area contributed by atoms with E-state index in [9.17, 15) is 14.4 Å². The maximum absolute atomic E-state index is 11.6. The Kier molecular flexibility index (Phi) is 4.75. The maximum Gasteiger partial charge on any atom is 0.339 e. The van der Waals surface area contributed by atoms with Gasteiger partial charge in [0.15, 0.2) is 0 Å². The van der Waals surface area contributed by atoms with Crippen LogP contribution in [0.1, 0.15) is 23.2 Å². The van der Waals surface area contributed by atoms with Crippen LogP contribution in [0.2, 0.25) is 0 Å². The van der Waals surface area contributed by atoms with E-state index in [2.05, 4.69) is 10.0 Å². The van der Waals surface area contributed by atoms with Crippen LogP contribution in [-0.2, 0) is 14.3 Å². The Bertz CT molecular complexity index is 547.